The van der Waals surface area contributed by atoms with Gasteiger partial charge in [-0.3, -0.25) is 0 Å². The molecule has 0 amide bonds. The lowest BCUT2D eigenvalue weighted by molar-refractivity contribution is -0.107. The van der Waals surface area contributed by atoms with Crippen molar-refractivity contribution in [1.82, 2.24) is 4.90 Å². The van der Waals surface area contributed by atoms with Gasteiger partial charge in [0.15, 0.2) is 0 Å². The molecular formula is C11H19NO. The highest BCUT2D eigenvalue weighted by molar-refractivity contribution is 5.51. The number of likely N-dealkylation sites (tertiary alicyclic amines) is 1. The van der Waals surface area contributed by atoms with Gasteiger partial charge in [-0.2, -0.15) is 0 Å². The Bertz CT molecular complexity index is 177. The summed E-state index contributed by atoms with van der Waals surface area (Å²) in [7, 11) is 2.18. The number of hydrogen-bond acceptors (Lipinski definition) is 2. The van der Waals surface area contributed by atoms with Gasteiger partial charge in [0, 0.05) is 13.0 Å². The summed E-state index contributed by atoms with van der Waals surface area (Å²) in [5, 5.41) is 0. The van der Waals surface area contributed by atoms with Crippen molar-refractivity contribution in [3.63, 3.8) is 0 Å². The van der Waals surface area contributed by atoms with Crippen molar-refractivity contribution in [1.29, 1.82) is 0 Å². The molecule has 0 radical (unpaired) electrons. The number of hydrogen-bond donors (Lipinski definition) is 0. The van der Waals surface area contributed by atoms with E-state index in [2.05, 4.69) is 18.0 Å². The Hall–Kier alpha value is -0.630. The third-order valence-corrected chi connectivity index (χ3v) is 2.59. The third kappa shape index (κ3) is 4.23. The van der Waals surface area contributed by atoms with Crippen LogP contribution in [0.2, 0.25) is 0 Å². The molecule has 0 spiro atoms. The van der Waals surface area contributed by atoms with Crippen LogP contribution in [0.15, 0.2) is 12.2 Å². The zero-order chi connectivity index (χ0) is 9.52. The molecule has 1 unspecified atom stereocenters. The monoisotopic (exact) mass is 181 g/mol. The summed E-state index contributed by atoms with van der Waals surface area (Å²) < 4.78 is 0. The quantitative estimate of drug-likeness (QED) is 0.487. The van der Waals surface area contributed by atoms with Crippen molar-refractivity contribution in [2.45, 2.75) is 25.7 Å². The van der Waals surface area contributed by atoms with Crippen molar-refractivity contribution in [3.8, 4) is 0 Å². The van der Waals surface area contributed by atoms with Crippen molar-refractivity contribution >= 4 is 6.29 Å². The summed E-state index contributed by atoms with van der Waals surface area (Å²) in [6.07, 6.45) is 9.45. The molecule has 0 aliphatic carbocycles. The van der Waals surface area contributed by atoms with Gasteiger partial charge in [-0.15, -0.1) is 0 Å². The first-order chi connectivity index (χ1) is 6.33. The molecule has 1 rings (SSSR count). The van der Waals surface area contributed by atoms with Crippen LogP contribution in [0.25, 0.3) is 0 Å². The van der Waals surface area contributed by atoms with Gasteiger partial charge < -0.3 is 9.69 Å². The van der Waals surface area contributed by atoms with E-state index < -0.39 is 0 Å². The first-order valence-corrected chi connectivity index (χ1v) is 5.10. The summed E-state index contributed by atoms with van der Waals surface area (Å²) in [6.45, 7) is 2.46. The smallest absolute Gasteiger partial charge is 0.123 e. The van der Waals surface area contributed by atoms with E-state index in [-0.39, 0.29) is 0 Å². The summed E-state index contributed by atoms with van der Waals surface area (Å²) in [6, 6.07) is 0. The zero-order valence-electron chi connectivity index (χ0n) is 8.41. The van der Waals surface area contributed by atoms with E-state index in [1.807, 2.05) is 6.08 Å². The van der Waals surface area contributed by atoms with Gasteiger partial charge in [0.1, 0.15) is 6.29 Å². The first-order valence-electron chi connectivity index (χ1n) is 5.10. The summed E-state index contributed by atoms with van der Waals surface area (Å²) in [5.74, 6) is 0.807. The molecule has 1 heterocycles. The fraction of sp³-hybridized carbons (Fsp3) is 0.727. The van der Waals surface area contributed by atoms with Gasteiger partial charge in [-0.1, -0.05) is 12.2 Å². The molecule has 2 nitrogen and oxygen atoms in total. The molecule has 0 aromatic rings. The standard InChI is InChI=1S/C11H19NO/c1-12-8-5-7-11(10-12)6-3-2-4-9-13/h2-3,9,11H,4-8,10H2,1H3/b3-2-. The molecule has 0 aromatic heterocycles. The molecule has 13 heavy (non-hydrogen) atoms. The van der Waals surface area contributed by atoms with Crippen LogP contribution in [0.5, 0.6) is 0 Å². The number of rotatable bonds is 4. The molecule has 0 aromatic carbocycles. The molecule has 0 saturated carbocycles. The Labute approximate surface area is 80.6 Å². The van der Waals surface area contributed by atoms with Gasteiger partial charge in [0.25, 0.3) is 0 Å². The Morgan fingerprint density at radius 3 is 3.00 bits per heavy atom. The molecule has 1 atom stereocenters. The highest BCUT2D eigenvalue weighted by Gasteiger charge is 2.15. The Kier molecular flexibility index (Phi) is 4.76. The SMILES string of the molecule is CN1CCCC(C/C=C\CC=O)C1. The Balaban J connectivity index is 2.16. The predicted molar refractivity (Wildman–Crippen MR) is 54.7 cm³/mol. The molecule has 0 bridgehead atoms. The van der Waals surface area contributed by atoms with E-state index in [1.165, 1.54) is 25.9 Å². The van der Waals surface area contributed by atoms with Crippen molar-refractivity contribution in [3.05, 3.63) is 12.2 Å². The maximum atomic E-state index is 10.0. The van der Waals surface area contributed by atoms with Crippen LogP contribution in [-0.4, -0.2) is 31.3 Å². The van der Waals surface area contributed by atoms with Gasteiger partial charge in [0.2, 0.25) is 0 Å². The van der Waals surface area contributed by atoms with Crippen LogP contribution < -0.4 is 0 Å². The van der Waals surface area contributed by atoms with Crippen molar-refractivity contribution < 1.29 is 4.79 Å². The average Bonchev–Trinajstić information content (AvgIpc) is 2.13. The predicted octanol–water partition coefficient (Wildman–Crippen LogP) is 1.86. The van der Waals surface area contributed by atoms with Gasteiger partial charge in [0.05, 0.1) is 0 Å². The van der Waals surface area contributed by atoms with Crippen molar-refractivity contribution in [2.75, 3.05) is 20.1 Å². The minimum atomic E-state index is 0.572. The minimum Gasteiger partial charge on any atom is -0.306 e. The van der Waals surface area contributed by atoms with E-state index in [1.54, 1.807) is 0 Å². The molecular weight excluding hydrogens is 162 g/mol. The lowest BCUT2D eigenvalue weighted by atomic mass is 9.95. The van der Waals surface area contributed by atoms with E-state index in [0.29, 0.717) is 6.42 Å². The second-order valence-electron chi connectivity index (χ2n) is 3.88. The van der Waals surface area contributed by atoms with Gasteiger partial charge in [-0.25, -0.2) is 0 Å². The van der Waals surface area contributed by atoms with Crippen molar-refractivity contribution in [2.24, 2.45) is 5.92 Å². The Morgan fingerprint density at radius 1 is 1.46 bits per heavy atom. The highest BCUT2D eigenvalue weighted by Crippen LogP contribution is 2.18. The highest BCUT2D eigenvalue weighted by atomic mass is 16.1. The molecule has 1 fully saturated rings. The summed E-state index contributed by atoms with van der Waals surface area (Å²) in [4.78, 5) is 12.4. The van der Waals surface area contributed by atoms with Crippen LogP contribution in [-0.2, 0) is 4.79 Å². The third-order valence-electron chi connectivity index (χ3n) is 2.59. The molecule has 1 saturated heterocycles. The minimum absolute atomic E-state index is 0.572. The largest absolute Gasteiger partial charge is 0.306 e. The number of aldehydes is 1. The summed E-state index contributed by atoms with van der Waals surface area (Å²) in [5.41, 5.74) is 0. The maximum absolute atomic E-state index is 10.0. The number of piperidine rings is 1. The first kappa shape index (κ1) is 10.5. The second kappa shape index (κ2) is 5.92. The normalized spacial score (nSPS) is 25.2. The van der Waals surface area contributed by atoms with E-state index >= 15 is 0 Å². The zero-order valence-corrected chi connectivity index (χ0v) is 8.41. The molecule has 1 aliphatic heterocycles. The summed E-state index contributed by atoms with van der Waals surface area (Å²) >= 11 is 0. The van der Waals surface area contributed by atoms with Crippen LogP contribution >= 0.6 is 0 Å². The van der Waals surface area contributed by atoms with E-state index in [0.717, 1.165) is 18.6 Å². The Morgan fingerprint density at radius 2 is 2.31 bits per heavy atom. The van der Waals surface area contributed by atoms with Crippen LogP contribution in [0, 0.1) is 5.92 Å². The fourth-order valence-corrected chi connectivity index (χ4v) is 1.91. The van der Waals surface area contributed by atoms with E-state index in [4.69, 9.17) is 0 Å². The number of allylic oxidation sites excluding steroid dienone is 2. The lowest BCUT2D eigenvalue weighted by Crippen LogP contribution is -2.31. The van der Waals surface area contributed by atoms with Crippen LogP contribution in [0.4, 0.5) is 0 Å². The van der Waals surface area contributed by atoms with Gasteiger partial charge >= 0.3 is 0 Å². The molecule has 0 N–H and O–H groups in total. The molecule has 1 aliphatic rings. The maximum Gasteiger partial charge on any atom is 0.123 e. The van der Waals surface area contributed by atoms with Gasteiger partial charge in [-0.05, 0) is 38.8 Å². The lowest BCUT2D eigenvalue weighted by Gasteiger charge is -2.28. The molecule has 74 valence electrons. The molecule has 2 heteroatoms. The number of carbonyl (C=O) groups is 1. The van der Waals surface area contributed by atoms with Crippen LogP contribution in [0.1, 0.15) is 25.7 Å². The second-order valence-corrected chi connectivity index (χ2v) is 3.88. The fourth-order valence-electron chi connectivity index (χ4n) is 1.91. The number of nitrogens with zero attached hydrogens (tertiary/aromatic N) is 1. The number of carbonyl (C=O) groups excluding carboxylic acids is 1. The van der Waals surface area contributed by atoms with Crippen LogP contribution in [0.3, 0.4) is 0 Å². The van der Waals surface area contributed by atoms with E-state index in [9.17, 15) is 4.79 Å². The average molecular weight is 181 g/mol. The topological polar surface area (TPSA) is 20.3 Å².